The Morgan fingerprint density at radius 2 is 2.12 bits per heavy atom. The van der Waals surface area contributed by atoms with Gasteiger partial charge in [0.2, 0.25) is 0 Å². The van der Waals surface area contributed by atoms with Crippen molar-refractivity contribution in [2.75, 3.05) is 0 Å². The van der Waals surface area contributed by atoms with Crippen molar-refractivity contribution in [3.05, 3.63) is 21.4 Å². The van der Waals surface area contributed by atoms with Crippen molar-refractivity contribution in [1.82, 2.24) is 5.32 Å². The molecule has 2 unspecified atom stereocenters. The van der Waals surface area contributed by atoms with Crippen LogP contribution in [0.2, 0.25) is 0 Å². The lowest BCUT2D eigenvalue weighted by molar-refractivity contribution is 0.427. The van der Waals surface area contributed by atoms with Crippen LogP contribution in [0, 0.1) is 5.92 Å². The highest BCUT2D eigenvalue weighted by Crippen LogP contribution is 2.41. The molecular formula is C14H21NS. The Morgan fingerprint density at radius 1 is 1.31 bits per heavy atom. The molecule has 2 aliphatic carbocycles. The topological polar surface area (TPSA) is 12.0 Å². The molecule has 1 fully saturated rings. The molecule has 3 rings (SSSR count). The van der Waals surface area contributed by atoms with E-state index in [-0.39, 0.29) is 0 Å². The van der Waals surface area contributed by atoms with Crippen LogP contribution in [-0.4, -0.2) is 6.04 Å². The number of thiophene rings is 1. The van der Waals surface area contributed by atoms with Gasteiger partial charge in [-0.05, 0) is 54.0 Å². The van der Waals surface area contributed by atoms with Gasteiger partial charge in [0.1, 0.15) is 0 Å². The SMILES string of the molecule is CC1CCc2scc(CNC3CC3)c2C1C. The monoisotopic (exact) mass is 235 g/mol. The van der Waals surface area contributed by atoms with Crippen LogP contribution in [-0.2, 0) is 13.0 Å². The minimum Gasteiger partial charge on any atom is -0.310 e. The second-order valence-electron chi connectivity index (χ2n) is 5.56. The zero-order valence-corrected chi connectivity index (χ0v) is 11.1. The van der Waals surface area contributed by atoms with Gasteiger partial charge >= 0.3 is 0 Å². The Kier molecular flexibility index (Phi) is 2.80. The van der Waals surface area contributed by atoms with Crippen LogP contribution in [0.1, 0.15) is 55.0 Å². The van der Waals surface area contributed by atoms with Crippen molar-refractivity contribution in [3.8, 4) is 0 Å². The van der Waals surface area contributed by atoms with Gasteiger partial charge in [0.15, 0.2) is 0 Å². The molecule has 0 aromatic carbocycles. The van der Waals surface area contributed by atoms with Crippen molar-refractivity contribution in [2.24, 2.45) is 5.92 Å². The average molecular weight is 235 g/mol. The first-order valence-electron chi connectivity index (χ1n) is 6.58. The van der Waals surface area contributed by atoms with Gasteiger partial charge in [0.05, 0.1) is 0 Å². The van der Waals surface area contributed by atoms with Gasteiger partial charge in [-0.25, -0.2) is 0 Å². The van der Waals surface area contributed by atoms with Crippen LogP contribution in [0.5, 0.6) is 0 Å². The molecule has 1 heterocycles. The fourth-order valence-electron chi connectivity index (χ4n) is 2.76. The fourth-order valence-corrected chi connectivity index (χ4v) is 3.93. The maximum Gasteiger partial charge on any atom is 0.0219 e. The maximum atomic E-state index is 3.65. The summed E-state index contributed by atoms with van der Waals surface area (Å²) in [7, 11) is 0. The Bertz CT molecular complexity index is 378. The van der Waals surface area contributed by atoms with Gasteiger partial charge in [-0.15, -0.1) is 11.3 Å². The predicted octanol–water partition coefficient (Wildman–Crippen LogP) is 3.69. The highest BCUT2D eigenvalue weighted by atomic mass is 32.1. The fraction of sp³-hybridized carbons (Fsp3) is 0.714. The van der Waals surface area contributed by atoms with Crippen molar-refractivity contribution < 1.29 is 0 Å². The highest BCUT2D eigenvalue weighted by molar-refractivity contribution is 7.10. The molecular weight excluding hydrogens is 214 g/mol. The summed E-state index contributed by atoms with van der Waals surface area (Å²) in [5.74, 6) is 1.63. The van der Waals surface area contributed by atoms with E-state index in [1.54, 1.807) is 16.0 Å². The molecule has 1 aromatic heterocycles. The zero-order valence-electron chi connectivity index (χ0n) is 10.3. The zero-order chi connectivity index (χ0) is 11.1. The van der Waals surface area contributed by atoms with E-state index in [1.807, 2.05) is 11.3 Å². The predicted molar refractivity (Wildman–Crippen MR) is 70.1 cm³/mol. The normalized spacial score (nSPS) is 29.1. The maximum absolute atomic E-state index is 3.65. The van der Waals surface area contributed by atoms with Crippen LogP contribution in [0.3, 0.4) is 0 Å². The number of hydrogen-bond acceptors (Lipinski definition) is 2. The Morgan fingerprint density at radius 3 is 2.88 bits per heavy atom. The van der Waals surface area contributed by atoms with Gasteiger partial charge in [-0.1, -0.05) is 13.8 Å². The number of nitrogens with one attached hydrogen (secondary N) is 1. The van der Waals surface area contributed by atoms with Gasteiger partial charge < -0.3 is 5.32 Å². The third kappa shape index (κ3) is 1.93. The summed E-state index contributed by atoms with van der Waals surface area (Å²) in [5.41, 5.74) is 3.28. The summed E-state index contributed by atoms with van der Waals surface area (Å²) in [4.78, 5) is 1.66. The van der Waals surface area contributed by atoms with Crippen molar-refractivity contribution in [3.63, 3.8) is 0 Å². The molecule has 1 saturated carbocycles. The summed E-state index contributed by atoms with van der Waals surface area (Å²) >= 11 is 1.99. The Balaban J connectivity index is 1.80. The van der Waals surface area contributed by atoms with E-state index in [2.05, 4.69) is 24.5 Å². The highest BCUT2D eigenvalue weighted by Gasteiger charge is 2.27. The smallest absolute Gasteiger partial charge is 0.0219 e. The van der Waals surface area contributed by atoms with E-state index in [9.17, 15) is 0 Å². The van der Waals surface area contributed by atoms with Crippen LogP contribution in [0.25, 0.3) is 0 Å². The molecule has 1 aromatic rings. The molecule has 16 heavy (non-hydrogen) atoms. The molecule has 0 bridgehead atoms. The third-order valence-electron chi connectivity index (χ3n) is 4.28. The van der Waals surface area contributed by atoms with E-state index in [4.69, 9.17) is 0 Å². The average Bonchev–Trinajstić information content (AvgIpc) is 3.01. The molecule has 0 amide bonds. The molecule has 2 aliphatic rings. The number of fused-ring (bicyclic) bond motifs is 1. The van der Waals surface area contributed by atoms with Crippen LogP contribution < -0.4 is 5.32 Å². The first-order valence-corrected chi connectivity index (χ1v) is 7.46. The first-order chi connectivity index (χ1) is 7.75. The number of hydrogen-bond donors (Lipinski definition) is 1. The van der Waals surface area contributed by atoms with Gasteiger partial charge in [0, 0.05) is 17.5 Å². The minimum absolute atomic E-state index is 0.769. The second kappa shape index (κ2) is 4.15. The van der Waals surface area contributed by atoms with Gasteiger partial charge in [-0.2, -0.15) is 0 Å². The quantitative estimate of drug-likeness (QED) is 0.842. The molecule has 0 saturated heterocycles. The molecule has 2 heteroatoms. The molecule has 88 valence electrons. The molecule has 0 aliphatic heterocycles. The lowest BCUT2D eigenvalue weighted by atomic mass is 9.79. The van der Waals surface area contributed by atoms with Crippen molar-refractivity contribution in [2.45, 2.75) is 58.0 Å². The second-order valence-corrected chi connectivity index (χ2v) is 6.52. The Hall–Kier alpha value is -0.340. The van der Waals surface area contributed by atoms with Crippen molar-refractivity contribution >= 4 is 11.3 Å². The van der Waals surface area contributed by atoms with Crippen LogP contribution >= 0.6 is 11.3 Å². The summed E-state index contributed by atoms with van der Waals surface area (Å²) < 4.78 is 0. The summed E-state index contributed by atoms with van der Waals surface area (Å²) in [5, 5.41) is 6.05. The largest absolute Gasteiger partial charge is 0.310 e. The molecule has 0 radical (unpaired) electrons. The van der Waals surface area contributed by atoms with Crippen LogP contribution in [0.15, 0.2) is 5.38 Å². The lowest BCUT2D eigenvalue weighted by Gasteiger charge is -2.27. The van der Waals surface area contributed by atoms with Gasteiger partial charge in [-0.3, -0.25) is 0 Å². The van der Waals surface area contributed by atoms with Crippen LogP contribution in [0.4, 0.5) is 0 Å². The van der Waals surface area contributed by atoms with E-state index >= 15 is 0 Å². The first kappa shape index (κ1) is 10.8. The molecule has 1 N–H and O–H groups in total. The molecule has 0 spiro atoms. The molecule has 2 atom stereocenters. The molecule has 1 nitrogen and oxygen atoms in total. The number of rotatable bonds is 3. The van der Waals surface area contributed by atoms with E-state index in [0.29, 0.717) is 0 Å². The number of aryl methyl sites for hydroxylation is 1. The van der Waals surface area contributed by atoms with Gasteiger partial charge in [0.25, 0.3) is 0 Å². The summed E-state index contributed by atoms with van der Waals surface area (Å²) in [6.07, 6.45) is 5.47. The van der Waals surface area contributed by atoms with Crippen molar-refractivity contribution in [1.29, 1.82) is 0 Å². The lowest BCUT2D eigenvalue weighted by Crippen LogP contribution is -2.19. The van der Waals surface area contributed by atoms with E-state index in [0.717, 1.165) is 24.4 Å². The summed E-state index contributed by atoms with van der Waals surface area (Å²) in [6, 6.07) is 0.826. The standard InChI is InChI=1S/C14H21NS/c1-9-3-6-13-14(10(9)2)11(8-16-13)7-15-12-4-5-12/h8-10,12,15H,3-7H2,1-2H3. The van der Waals surface area contributed by atoms with E-state index in [1.165, 1.54) is 25.7 Å². The minimum atomic E-state index is 0.769. The Labute approximate surface area is 102 Å². The van der Waals surface area contributed by atoms with E-state index < -0.39 is 0 Å². The summed E-state index contributed by atoms with van der Waals surface area (Å²) in [6.45, 7) is 5.92. The third-order valence-corrected chi connectivity index (χ3v) is 5.39.